The number of imidazole rings is 1. The minimum atomic E-state index is -2.75. The van der Waals surface area contributed by atoms with E-state index < -0.39 is 9.84 Å². The summed E-state index contributed by atoms with van der Waals surface area (Å²) in [4.78, 5) is 4.63. The van der Waals surface area contributed by atoms with Crippen LogP contribution in [0.2, 0.25) is 0 Å². The standard InChI is InChI=1S/C12H18N2O2S/c15-17(16)6-4-10(9-17)7-11-8-14-5-2-1-3-12(14)13-11/h8,10H,1-7,9H2. The Morgan fingerprint density at radius 1 is 1.41 bits per heavy atom. The van der Waals surface area contributed by atoms with Crippen LogP contribution in [0.5, 0.6) is 0 Å². The summed E-state index contributed by atoms with van der Waals surface area (Å²) in [7, 11) is -2.75. The van der Waals surface area contributed by atoms with E-state index in [1.165, 1.54) is 18.7 Å². The van der Waals surface area contributed by atoms with E-state index in [0.29, 0.717) is 11.5 Å². The van der Waals surface area contributed by atoms with Gasteiger partial charge in [0.25, 0.3) is 0 Å². The van der Waals surface area contributed by atoms with Gasteiger partial charge < -0.3 is 4.57 Å². The molecule has 1 fully saturated rings. The number of hydrogen-bond donors (Lipinski definition) is 0. The Labute approximate surface area is 102 Å². The van der Waals surface area contributed by atoms with Gasteiger partial charge in [-0.15, -0.1) is 0 Å². The maximum absolute atomic E-state index is 11.4. The highest BCUT2D eigenvalue weighted by molar-refractivity contribution is 7.91. The van der Waals surface area contributed by atoms with Gasteiger partial charge in [-0.25, -0.2) is 13.4 Å². The van der Waals surface area contributed by atoms with Crippen LogP contribution in [-0.2, 0) is 29.2 Å². The molecule has 1 aromatic rings. The number of sulfone groups is 1. The van der Waals surface area contributed by atoms with Crippen LogP contribution in [0.25, 0.3) is 0 Å². The molecule has 94 valence electrons. The van der Waals surface area contributed by atoms with Gasteiger partial charge in [-0.2, -0.15) is 0 Å². The van der Waals surface area contributed by atoms with Crippen molar-refractivity contribution >= 4 is 9.84 Å². The first kappa shape index (κ1) is 11.3. The third-order valence-corrected chi connectivity index (χ3v) is 5.62. The fourth-order valence-corrected chi connectivity index (χ4v) is 4.76. The minimum Gasteiger partial charge on any atom is -0.335 e. The molecular weight excluding hydrogens is 236 g/mol. The molecule has 3 heterocycles. The average molecular weight is 254 g/mol. The van der Waals surface area contributed by atoms with E-state index in [1.807, 2.05) is 0 Å². The van der Waals surface area contributed by atoms with Gasteiger partial charge in [-0.05, 0) is 31.6 Å². The van der Waals surface area contributed by atoms with E-state index in [9.17, 15) is 8.42 Å². The highest BCUT2D eigenvalue weighted by Crippen LogP contribution is 2.23. The Morgan fingerprint density at radius 2 is 2.29 bits per heavy atom. The fourth-order valence-electron chi connectivity index (χ4n) is 2.90. The molecule has 0 amide bonds. The molecular formula is C12H18N2O2S. The first-order chi connectivity index (χ1) is 8.12. The largest absolute Gasteiger partial charge is 0.335 e. The number of aryl methyl sites for hydroxylation is 2. The summed E-state index contributed by atoms with van der Waals surface area (Å²) in [6.07, 6.45) is 7.31. The quantitative estimate of drug-likeness (QED) is 0.797. The predicted molar refractivity (Wildman–Crippen MR) is 65.6 cm³/mol. The van der Waals surface area contributed by atoms with Crippen molar-refractivity contribution in [1.29, 1.82) is 0 Å². The Morgan fingerprint density at radius 3 is 3.00 bits per heavy atom. The van der Waals surface area contributed by atoms with Crippen molar-refractivity contribution in [3.63, 3.8) is 0 Å². The second kappa shape index (κ2) is 4.12. The summed E-state index contributed by atoms with van der Waals surface area (Å²) < 4.78 is 25.0. The molecule has 17 heavy (non-hydrogen) atoms. The van der Waals surface area contributed by atoms with Crippen LogP contribution in [0.15, 0.2) is 6.20 Å². The summed E-state index contributed by atoms with van der Waals surface area (Å²) in [5.41, 5.74) is 1.09. The van der Waals surface area contributed by atoms with Gasteiger partial charge in [0.1, 0.15) is 5.82 Å². The molecule has 0 N–H and O–H groups in total. The smallest absolute Gasteiger partial charge is 0.150 e. The Balaban J connectivity index is 1.71. The lowest BCUT2D eigenvalue weighted by atomic mass is 10.0. The van der Waals surface area contributed by atoms with Crippen LogP contribution in [0.1, 0.15) is 30.8 Å². The van der Waals surface area contributed by atoms with E-state index >= 15 is 0 Å². The molecule has 1 unspecified atom stereocenters. The first-order valence-corrected chi connectivity index (χ1v) is 8.20. The van der Waals surface area contributed by atoms with Crippen molar-refractivity contribution in [2.24, 2.45) is 5.92 Å². The molecule has 4 nitrogen and oxygen atoms in total. The first-order valence-electron chi connectivity index (χ1n) is 6.38. The van der Waals surface area contributed by atoms with Crippen molar-refractivity contribution in [2.45, 2.75) is 38.6 Å². The van der Waals surface area contributed by atoms with Gasteiger partial charge in [-0.3, -0.25) is 0 Å². The third kappa shape index (κ3) is 2.39. The molecule has 1 atom stereocenters. The van der Waals surface area contributed by atoms with E-state index in [4.69, 9.17) is 0 Å². The summed E-state index contributed by atoms with van der Waals surface area (Å²) in [6.45, 7) is 1.07. The maximum atomic E-state index is 11.4. The minimum absolute atomic E-state index is 0.289. The van der Waals surface area contributed by atoms with Crippen molar-refractivity contribution in [1.82, 2.24) is 9.55 Å². The number of aromatic nitrogens is 2. The van der Waals surface area contributed by atoms with E-state index in [1.54, 1.807) is 0 Å². The highest BCUT2D eigenvalue weighted by Gasteiger charge is 2.28. The molecule has 3 rings (SSSR count). The Hall–Kier alpha value is -0.840. The molecule has 0 radical (unpaired) electrons. The second-order valence-electron chi connectivity index (χ2n) is 5.27. The lowest BCUT2D eigenvalue weighted by Gasteiger charge is -2.11. The van der Waals surface area contributed by atoms with Crippen molar-refractivity contribution < 1.29 is 8.42 Å². The molecule has 0 aliphatic carbocycles. The molecule has 2 aliphatic rings. The number of fused-ring (bicyclic) bond motifs is 1. The summed E-state index contributed by atoms with van der Waals surface area (Å²) in [5, 5.41) is 0. The van der Waals surface area contributed by atoms with Crippen LogP contribution >= 0.6 is 0 Å². The van der Waals surface area contributed by atoms with Gasteiger partial charge in [0.2, 0.25) is 0 Å². The van der Waals surface area contributed by atoms with Gasteiger partial charge in [0.15, 0.2) is 9.84 Å². The molecule has 5 heteroatoms. The normalized spacial score (nSPS) is 26.9. The molecule has 0 saturated carbocycles. The maximum Gasteiger partial charge on any atom is 0.150 e. The van der Waals surface area contributed by atoms with Crippen molar-refractivity contribution in [2.75, 3.05) is 11.5 Å². The SMILES string of the molecule is O=S1(=O)CCC(Cc2cn3c(n2)CCCC3)C1. The lowest BCUT2D eigenvalue weighted by molar-refractivity contribution is 0.522. The van der Waals surface area contributed by atoms with E-state index in [2.05, 4.69) is 15.7 Å². The second-order valence-corrected chi connectivity index (χ2v) is 7.50. The van der Waals surface area contributed by atoms with E-state index in [-0.39, 0.29) is 5.92 Å². The van der Waals surface area contributed by atoms with Gasteiger partial charge in [-0.1, -0.05) is 0 Å². The molecule has 2 aliphatic heterocycles. The average Bonchev–Trinajstić information content (AvgIpc) is 2.81. The highest BCUT2D eigenvalue weighted by atomic mass is 32.2. The number of rotatable bonds is 2. The van der Waals surface area contributed by atoms with Crippen LogP contribution in [0.3, 0.4) is 0 Å². The molecule has 0 bridgehead atoms. The van der Waals surface area contributed by atoms with Gasteiger partial charge in [0, 0.05) is 19.2 Å². The van der Waals surface area contributed by atoms with Crippen LogP contribution in [0.4, 0.5) is 0 Å². The van der Waals surface area contributed by atoms with Crippen molar-refractivity contribution in [3.8, 4) is 0 Å². The molecule has 0 aromatic carbocycles. The molecule has 1 saturated heterocycles. The summed E-state index contributed by atoms with van der Waals surface area (Å²) in [5.74, 6) is 2.20. The molecule has 0 spiro atoms. The van der Waals surface area contributed by atoms with Crippen LogP contribution < -0.4 is 0 Å². The van der Waals surface area contributed by atoms with Gasteiger partial charge in [0.05, 0.1) is 17.2 Å². The Bertz CT molecular complexity index is 495. The third-order valence-electron chi connectivity index (χ3n) is 3.78. The zero-order valence-electron chi connectivity index (χ0n) is 9.93. The van der Waals surface area contributed by atoms with Crippen LogP contribution in [0, 0.1) is 5.92 Å². The van der Waals surface area contributed by atoms with Crippen molar-refractivity contribution in [3.05, 3.63) is 17.7 Å². The fraction of sp³-hybridized carbons (Fsp3) is 0.750. The predicted octanol–water partition coefficient (Wildman–Crippen LogP) is 1.20. The van der Waals surface area contributed by atoms with E-state index in [0.717, 1.165) is 31.5 Å². The summed E-state index contributed by atoms with van der Waals surface area (Å²) >= 11 is 0. The zero-order valence-corrected chi connectivity index (χ0v) is 10.7. The molecule has 1 aromatic heterocycles. The van der Waals surface area contributed by atoms with Gasteiger partial charge >= 0.3 is 0 Å². The lowest BCUT2D eigenvalue weighted by Crippen LogP contribution is -2.08. The number of hydrogen-bond acceptors (Lipinski definition) is 3. The monoisotopic (exact) mass is 254 g/mol. The summed E-state index contributed by atoms with van der Waals surface area (Å²) in [6, 6.07) is 0. The topological polar surface area (TPSA) is 52.0 Å². The zero-order chi connectivity index (χ0) is 11.9. The Kier molecular flexibility index (Phi) is 2.73. The number of nitrogens with zero attached hydrogens (tertiary/aromatic N) is 2. The van der Waals surface area contributed by atoms with Crippen LogP contribution in [-0.4, -0.2) is 29.5 Å².